The van der Waals surface area contributed by atoms with Gasteiger partial charge in [0.25, 0.3) is 5.91 Å². The monoisotopic (exact) mass is 320 g/mol. The van der Waals surface area contributed by atoms with E-state index in [4.69, 9.17) is 9.47 Å². The summed E-state index contributed by atoms with van der Waals surface area (Å²) in [5.41, 5.74) is 1.04. The molecular formula is C16H20N2O5. The summed E-state index contributed by atoms with van der Waals surface area (Å²) >= 11 is 0. The van der Waals surface area contributed by atoms with Gasteiger partial charge in [0.2, 0.25) is 5.91 Å². The molecule has 1 heterocycles. The molecule has 1 aromatic rings. The van der Waals surface area contributed by atoms with E-state index in [1.807, 2.05) is 0 Å². The van der Waals surface area contributed by atoms with Crippen molar-refractivity contribution < 1.29 is 23.9 Å². The molecule has 0 spiro atoms. The third-order valence-electron chi connectivity index (χ3n) is 3.78. The molecule has 0 bridgehead atoms. The highest BCUT2D eigenvalue weighted by atomic mass is 16.5. The van der Waals surface area contributed by atoms with Gasteiger partial charge in [-0.3, -0.25) is 9.59 Å². The van der Waals surface area contributed by atoms with Gasteiger partial charge in [-0.15, -0.1) is 0 Å². The van der Waals surface area contributed by atoms with Gasteiger partial charge < -0.3 is 19.7 Å². The summed E-state index contributed by atoms with van der Waals surface area (Å²) in [5.74, 6) is -0.903. The summed E-state index contributed by atoms with van der Waals surface area (Å²) < 4.78 is 10.0. The summed E-state index contributed by atoms with van der Waals surface area (Å²) in [5, 5.41) is 2.63. The lowest BCUT2D eigenvalue weighted by atomic mass is 10.1. The van der Waals surface area contributed by atoms with Crippen LogP contribution in [-0.4, -0.2) is 55.6 Å². The Morgan fingerprint density at radius 1 is 1.17 bits per heavy atom. The first-order valence-corrected chi connectivity index (χ1v) is 7.25. The Bertz CT molecular complexity index is 599. The second-order valence-electron chi connectivity index (χ2n) is 5.35. The second-order valence-corrected chi connectivity index (χ2v) is 5.35. The van der Waals surface area contributed by atoms with E-state index in [-0.39, 0.29) is 17.9 Å². The summed E-state index contributed by atoms with van der Waals surface area (Å²) in [6, 6.07) is 5.87. The fourth-order valence-electron chi connectivity index (χ4n) is 2.62. The maximum absolute atomic E-state index is 12.6. The molecule has 124 valence electrons. The first kappa shape index (κ1) is 17.0. The van der Waals surface area contributed by atoms with Gasteiger partial charge in [-0.25, -0.2) is 4.79 Å². The number of hydrogen-bond acceptors (Lipinski definition) is 5. The molecule has 1 fully saturated rings. The van der Waals surface area contributed by atoms with E-state index >= 15 is 0 Å². The number of benzene rings is 1. The van der Waals surface area contributed by atoms with Gasteiger partial charge >= 0.3 is 5.97 Å². The van der Waals surface area contributed by atoms with Crippen LogP contribution >= 0.6 is 0 Å². The Balaban J connectivity index is 2.17. The second kappa shape index (κ2) is 7.23. The van der Waals surface area contributed by atoms with Gasteiger partial charge in [0.05, 0.1) is 13.2 Å². The van der Waals surface area contributed by atoms with Crippen molar-refractivity contribution >= 4 is 23.5 Å². The van der Waals surface area contributed by atoms with Crippen molar-refractivity contribution in [2.45, 2.75) is 25.5 Å². The van der Waals surface area contributed by atoms with Crippen LogP contribution in [0.1, 0.15) is 23.7 Å². The van der Waals surface area contributed by atoms with Crippen molar-refractivity contribution in [3.8, 4) is 0 Å². The molecule has 1 saturated heterocycles. The number of nitrogens with zero attached hydrogens (tertiary/aromatic N) is 1. The van der Waals surface area contributed by atoms with Crippen LogP contribution in [0.4, 0.5) is 5.69 Å². The van der Waals surface area contributed by atoms with Gasteiger partial charge in [-0.1, -0.05) is 0 Å². The molecule has 0 aliphatic carbocycles. The van der Waals surface area contributed by atoms with Crippen LogP contribution in [0, 0.1) is 0 Å². The molecule has 2 amide bonds. The van der Waals surface area contributed by atoms with Gasteiger partial charge in [-0.2, -0.15) is 0 Å². The molecule has 7 heteroatoms. The average Bonchev–Trinajstić information content (AvgIpc) is 2.98. The molecule has 1 aliphatic heterocycles. The predicted octanol–water partition coefficient (Wildman–Crippen LogP) is 1.05. The first-order chi connectivity index (χ1) is 11.0. The molecule has 0 aromatic heterocycles. The number of nitrogens with one attached hydrogen (secondary N) is 1. The molecule has 23 heavy (non-hydrogen) atoms. The van der Waals surface area contributed by atoms with Gasteiger partial charge in [-0.05, 0) is 24.3 Å². The highest BCUT2D eigenvalue weighted by Gasteiger charge is 2.40. The van der Waals surface area contributed by atoms with Crippen molar-refractivity contribution in [3.63, 3.8) is 0 Å². The number of hydrogen-bond donors (Lipinski definition) is 1. The van der Waals surface area contributed by atoms with E-state index in [0.717, 1.165) is 0 Å². The van der Waals surface area contributed by atoms with Crippen LogP contribution in [0.5, 0.6) is 0 Å². The first-order valence-electron chi connectivity index (χ1n) is 7.25. The van der Waals surface area contributed by atoms with Crippen LogP contribution < -0.4 is 5.32 Å². The Hall–Kier alpha value is -2.41. The zero-order valence-electron chi connectivity index (χ0n) is 13.4. The molecule has 1 N–H and O–H groups in total. The topological polar surface area (TPSA) is 84.9 Å². The fraction of sp³-hybridized carbons (Fsp3) is 0.438. The molecule has 2 rings (SSSR count). The Labute approximate surface area is 134 Å². The lowest BCUT2D eigenvalue weighted by Crippen LogP contribution is -2.41. The fourth-order valence-corrected chi connectivity index (χ4v) is 2.62. The molecule has 0 saturated carbocycles. The number of anilines is 1. The van der Waals surface area contributed by atoms with E-state index in [9.17, 15) is 14.4 Å². The number of ether oxygens (including phenoxy) is 2. The van der Waals surface area contributed by atoms with Crippen LogP contribution in [0.3, 0.4) is 0 Å². The quantitative estimate of drug-likeness (QED) is 0.838. The van der Waals surface area contributed by atoms with E-state index in [1.54, 1.807) is 31.4 Å². The van der Waals surface area contributed by atoms with E-state index in [0.29, 0.717) is 24.2 Å². The van der Waals surface area contributed by atoms with Gasteiger partial charge in [0, 0.05) is 38.2 Å². The number of carbonyl (C=O) groups excluding carboxylic acids is 3. The number of esters is 1. The van der Waals surface area contributed by atoms with E-state index < -0.39 is 12.0 Å². The van der Waals surface area contributed by atoms with Crippen LogP contribution in [0.2, 0.25) is 0 Å². The maximum atomic E-state index is 12.6. The predicted molar refractivity (Wildman–Crippen MR) is 83.0 cm³/mol. The third-order valence-corrected chi connectivity index (χ3v) is 3.78. The SMILES string of the molecule is COC(=O)[C@H]1C[C@@H](OC)CN1C(=O)c1ccc(NC(C)=O)cc1. The van der Waals surface area contributed by atoms with E-state index in [2.05, 4.69) is 5.32 Å². The van der Waals surface area contributed by atoms with Gasteiger partial charge in [0.1, 0.15) is 6.04 Å². The standard InChI is InChI=1S/C16H20N2O5/c1-10(19)17-12-6-4-11(5-7-12)15(20)18-9-13(22-2)8-14(18)16(21)23-3/h4-7,13-14H,8-9H2,1-3H3,(H,17,19)/t13-,14-/m1/s1. The normalized spacial score (nSPS) is 20.2. The minimum absolute atomic E-state index is 0.183. The largest absolute Gasteiger partial charge is 0.467 e. The number of carbonyl (C=O) groups is 3. The zero-order chi connectivity index (χ0) is 17.0. The smallest absolute Gasteiger partial charge is 0.328 e. The number of amides is 2. The van der Waals surface area contributed by atoms with Crippen LogP contribution in [-0.2, 0) is 19.1 Å². The lowest BCUT2D eigenvalue weighted by molar-refractivity contribution is -0.145. The van der Waals surface area contributed by atoms with Crippen molar-refractivity contribution in [1.82, 2.24) is 4.90 Å². The Morgan fingerprint density at radius 2 is 1.83 bits per heavy atom. The molecular weight excluding hydrogens is 300 g/mol. The summed E-state index contributed by atoms with van der Waals surface area (Å²) in [6.45, 7) is 1.75. The minimum atomic E-state index is -0.646. The van der Waals surface area contributed by atoms with Crippen molar-refractivity contribution in [2.24, 2.45) is 0 Å². The van der Waals surface area contributed by atoms with Crippen LogP contribution in [0.15, 0.2) is 24.3 Å². The lowest BCUT2D eigenvalue weighted by Gasteiger charge is -2.22. The summed E-state index contributed by atoms with van der Waals surface area (Å²) in [4.78, 5) is 37.0. The molecule has 1 aliphatic rings. The summed E-state index contributed by atoms with van der Waals surface area (Å²) in [6.07, 6.45) is 0.223. The molecule has 7 nitrogen and oxygen atoms in total. The molecule has 1 aromatic carbocycles. The van der Waals surface area contributed by atoms with E-state index in [1.165, 1.54) is 18.9 Å². The molecule has 0 radical (unpaired) electrons. The van der Waals surface area contributed by atoms with Gasteiger partial charge in [0.15, 0.2) is 0 Å². The Morgan fingerprint density at radius 3 is 2.35 bits per heavy atom. The number of rotatable bonds is 4. The number of likely N-dealkylation sites (tertiary alicyclic amines) is 1. The highest BCUT2D eigenvalue weighted by Crippen LogP contribution is 2.24. The number of methoxy groups -OCH3 is 2. The van der Waals surface area contributed by atoms with Crippen molar-refractivity contribution in [1.29, 1.82) is 0 Å². The third kappa shape index (κ3) is 3.87. The van der Waals surface area contributed by atoms with Crippen LogP contribution in [0.25, 0.3) is 0 Å². The Kier molecular flexibility index (Phi) is 5.33. The average molecular weight is 320 g/mol. The van der Waals surface area contributed by atoms with Crippen molar-refractivity contribution in [2.75, 3.05) is 26.1 Å². The molecule has 2 atom stereocenters. The maximum Gasteiger partial charge on any atom is 0.328 e. The molecule has 0 unspecified atom stereocenters. The van der Waals surface area contributed by atoms with Crippen molar-refractivity contribution in [3.05, 3.63) is 29.8 Å². The minimum Gasteiger partial charge on any atom is -0.467 e. The highest BCUT2D eigenvalue weighted by molar-refractivity contribution is 5.98. The summed E-state index contributed by atoms with van der Waals surface area (Å²) in [7, 11) is 2.85. The zero-order valence-corrected chi connectivity index (χ0v) is 13.4.